The number of thiophene rings is 1. The number of methoxy groups -OCH3 is 2. The van der Waals surface area contributed by atoms with E-state index in [4.69, 9.17) is 14.5 Å². The molecule has 0 aliphatic carbocycles. The molecule has 1 aromatic carbocycles. The van der Waals surface area contributed by atoms with Crippen molar-refractivity contribution in [1.82, 2.24) is 10.6 Å². The Bertz CT molecular complexity index is 728. The number of rotatable bonds is 8. The number of hydrogen-bond acceptors (Lipinski definition) is 4. The van der Waals surface area contributed by atoms with Gasteiger partial charge < -0.3 is 20.1 Å². The zero-order valence-corrected chi connectivity index (χ0v) is 17.1. The van der Waals surface area contributed by atoms with Crippen LogP contribution in [0.4, 0.5) is 0 Å². The van der Waals surface area contributed by atoms with Gasteiger partial charge in [0, 0.05) is 28.8 Å². The highest BCUT2D eigenvalue weighted by atomic mass is 32.1. The molecule has 0 saturated carbocycles. The zero-order chi connectivity index (χ0) is 18.9. The van der Waals surface area contributed by atoms with Gasteiger partial charge in [-0.1, -0.05) is 6.07 Å². The molecular formula is C20H29N3O2S. The highest BCUT2D eigenvalue weighted by molar-refractivity contribution is 7.11. The zero-order valence-electron chi connectivity index (χ0n) is 16.3. The van der Waals surface area contributed by atoms with Crippen LogP contribution in [0.3, 0.4) is 0 Å². The molecule has 0 spiro atoms. The summed E-state index contributed by atoms with van der Waals surface area (Å²) in [5, 5.41) is 6.80. The van der Waals surface area contributed by atoms with Crippen LogP contribution in [0.1, 0.15) is 29.2 Å². The summed E-state index contributed by atoms with van der Waals surface area (Å²) in [5.41, 5.74) is 1.07. The lowest BCUT2D eigenvalue weighted by atomic mass is 10.2. The molecule has 1 atom stereocenters. The molecule has 6 heteroatoms. The van der Waals surface area contributed by atoms with Crippen molar-refractivity contribution in [2.24, 2.45) is 4.99 Å². The smallest absolute Gasteiger partial charge is 0.191 e. The molecule has 26 heavy (non-hydrogen) atoms. The lowest BCUT2D eigenvalue weighted by Gasteiger charge is -2.17. The first-order chi connectivity index (χ1) is 12.5. The van der Waals surface area contributed by atoms with Crippen molar-refractivity contribution < 1.29 is 9.47 Å². The molecule has 0 bridgehead atoms. The van der Waals surface area contributed by atoms with E-state index < -0.39 is 0 Å². The average Bonchev–Trinajstić information content (AvgIpc) is 3.04. The van der Waals surface area contributed by atoms with Gasteiger partial charge in [-0.05, 0) is 50.6 Å². The molecule has 0 amide bonds. The highest BCUT2D eigenvalue weighted by Crippen LogP contribution is 2.27. The maximum absolute atomic E-state index is 5.36. The van der Waals surface area contributed by atoms with Gasteiger partial charge in [-0.25, -0.2) is 4.99 Å². The first-order valence-electron chi connectivity index (χ1n) is 8.86. The molecule has 2 N–H and O–H groups in total. The number of nitrogens with zero attached hydrogens (tertiary/aromatic N) is 1. The number of aryl methyl sites for hydroxylation is 1. The van der Waals surface area contributed by atoms with Gasteiger partial charge in [0.05, 0.1) is 20.8 Å². The van der Waals surface area contributed by atoms with Crippen molar-refractivity contribution in [1.29, 1.82) is 0 Å². The van der Waals surface area contributed by atoms with Crippen molar-refractivity contribution in [3.63, 3.8) is 0 Å². The fourth-order valence-corrected chi connectivity index (χ4v) is 3.67. The van der Waals surface area contributed by atoms with Crippen LogP contribution in [0.5, 0.6) is 11.5 Å². The van der Waals surface area contributed by atoms with Gasteiger partial charge in [0.25, 0.3) is 0 Å². The molecule has 1 unspecified atom stereocenters. The van der Waals surface area contributed by atoms with Crippen LogP contribution in [-0.4, -0.2) is 32.8 Å². The third kappa shape index (κ3) is 5.95. The molecule has 1 aromatic heterocycles. The van der Waals surface area contributed by atoms with Crippen LogP contribution < -0.4 is 20.1 Å². The number of guanidine groups is 1. The van der Waals surface area contributed by atoms with Crippen LogP contribution in [0.25, 0.3) is 0 Å². The van der Waals surface area contributed by atoms with Gasteiger partial charge in [0.1, 0.15) is 0 Å². The standard InChI is InChI=1S/C20H29N3O2S/c1-6-21-20(23-14(2)11-17-9-7-15(3)26-17)22-13-16-8-10-18(24-4)19(12-16)25-5/h7-10,12,14H,6,11,13H2,1-5H3,(H2,21,22,23). The molecule has 5 nitrogen and oxygen atoms in total. The van der Waals surface area contributed by atoms with E-state index in [0.29, 0.717) is 12.6 Å². The Hall–Kier alpha value is -2.21. The molecule has 2 rings (SSSR count). The fourth-order valence-electron chi connectivity index (χ4n) is 2.65. The second-order valence-electron chi connectivity index (χ2n) is 6.15. The Morgan fingerprint density at radius 2 is 1.92 bits per heavy atom. The summed E-state index contributed by atoms with van der Waals surface area (Å²) in [4.78, 5) is 7.44. The van der Waals surface area contributed by atoms with Crippen molar-refractivity contribution in [2.75, 3.05) is 20.8 Å². The lowest BCUT2D eigenvalue weighted by molar-refractivity contribution is 0.354. The van der Waals surface area contributed by atoms with E-state index in [-0.39, 0.29) is 0 Å². The molecule has 0 aliphatic heterocycles. The Morgan fingerprint density at radius 3 is 2.54 bits per heavy atom. The summed E-state index contributed by atoms with van der Waals surface area (Å²) in [6.07, 6.45) is 0.985. The van der Waals surface area contributed by atoms with Gasteiger partial charge in [0.15, 0.2) is 17.5 Å². The van der Waals surface area contributed by atoms with E-state index in [2.05, 4.69) is 43.5 Å². The molecule has 0 aliphatic rings. The van der Waals surface area contributed by atoms with Crippen molar-refractivity contribution in [3.05, 3.63) is 45.6 Å². The van der Waals surface area contributed by atoms with Crippen LogP contribution >= 0.6 is 11.3 Å². The normalized spacial score (nSPS) is 12.6. The topological polar surface area (TPSA) is 54.9 Å². The minimum Gasteiger partial charge on any atom is -0.493 e. The SMILES string of the molecule is CCNC(=NCc1ccc(OC)c(OC)c1)NC(C)Cc1ccc(C)s1. The fraction of sp³-hybridized carbons (Fsp3) is 0.450. The van der Waals surface area contributed by atoms with E-state index >= 15 is 0 Å². The van der Waals surface area contributed by atoms with E-state index in [1.165, 1.54) is 9.75 Å². The summed E-state index contributed by atoms with van der Waals surface area (Å²) in [6, 6.07) is 10.5. The number of hydrogen-bond donors (Lipinski definition) is 2. The molecule has 0 fully saturated rings. The maximum Gasteiger partial charge on any atom is 0.191 e. The second-order valence-corrected chi connectivity index (χ2v) is 7.52. The number of nitrogens with one attached hydrogen (secondary N) is 2. The maximum atomic E-state index is 5.36. The largest absolute Gasteiger partial charge is 0.493 e. The van der Waals surface area contributed by atoms with Crippen molar-refractivity contribution >= 4 is 17.3 Å². The molecule has 2 aromatic rings. The van der Waals surface area contributed by atoms with Crippen LogP contribution in [0, 0.1) is 6.92 Å². The minimum absolute atomic E-state index is 0.302. The summed E-state index contributed by atoms with van der Waals surface area (Å²) in [7, 11) is 3.28. The Labute approximate surface area is 160 Å². The van der Waals surface area contributed by atoms with Crippen LogP contribution in [0.2, 0.25) is 0 Å². The summed E-state index contributed by atoms with van der Waals surface area (Å²) in [5.74, 6) is 2.27. The third-order valence-electron chi connectivity index (χ3n) is 3.90. The monoisotopic (exact) mass is 375 g/mol. The van der Waals surface area contributed by atoms with Gasteiger partial charge in [-0.3, -0.25) is 0 Å². The predicted octanol–water partition coefficient (Wildman–Crippen LogP) is 3.76. The van der Waals surface area contributed by atoms with Crippen LogP contribution in [-0.2, 0) is 13.0 Å². The molecule has 1 heterocycles. The first-order valence-corrected chi connectivity index (χ1v) is 9.68. The van der Waals surface area contributed by atoms with E-state index in [1.54, 1.807) is 14.2 Å². The Morgan fingerprint density at radius 1 is 1.15 bits per heavy atom. The summed E-state index contributed by atoms with van der Waals surface area (Å²) >= 11 is 1.85. The van der Waals surface area contributed by atoms with E-state index in [1.807, 2.05) is 29.5 Å². The van der Waals surface area contributed by atoms with Crippen molar-refractivity contribution in [2.45, 2.75) is 39.8 Å². The Balaban J connectivity index is 2.01. The molecule has 0 saturated heterocycles. The van der Waals surface area contributed by atoms with Crippen LogP contribution in [0.15, 0.2) is 35.3 Å². The van der Waals surface area contributed by atoms with Gasteiger partial charge >= 0.3 is 0 Å². The number of benzene rings is 1. The average molecular weight is 376 g/mol. The lowest BCUT2D eigenvalue weighted by Crippen LogP contribution is -2.43. The quantitative estimate of drug-likeness (QED) is 0.545. The predicted molar refractivity (Wildman–Crippen MR) is 110 cm³/mol. The first kappa shape index (κ1) is 20.1. The molecule has 142 valence electrons. The van der Waals surface area contributed by atoms with Crippen molar-refractivity contribution in [3.8, 4) is 11.5 Å². The summed E-state index contributed by atoms with van der Waals surface area (Å²) < 4.78 is 10.6. The van der Waals surface area contributed by atoms with E-state index in [0.717, 1.165) is 36.0 Å². The van der Waals surface area contributed by atoms with Gasteiger partial charge in [-0.2, -0.15) is 0 Å². The third-order valence-corrected chi connectivity index (χ3v) is 4.92. The number of ether oxygens (including phenoxy) is 2. The van der Waals surface area contributed by atoms with Gasteiger partial charge in [0.2, 0.25) is 0 Å². The second kappa shape index (κ2) is 10.1. The summed E-state index contributed by atoms with van der Waals surface area (Å²) in [6.45, 7) is 7.78. The van der Waals surface area contributed by atoms with E-state index in [9.17, 15) is 0 Å². The highest BCUT2D eigenvalue weighted by Gasteiger charge is 2.09. The Kier molecular flexibility index (Phi) is 7.78. The molecule has 0 radical (unpaired) electrons. The minimum atomic E-state index is 0.302. The van der Waals surface area contributed by atoms with Gasteiger partial charge in [-0.15, -0.1) is 11.3 Å². The molecular weight excluding hydrogens is 346 g/mol. The number of aliphatic imine (C=N–C) groups is 1.